The molecule has 126 valence electrons. The van der Waals surface area contributed by atoms with Crippen LogP contribution < -0.4 is 10.1 Å². The predicted molar refractivity (Wildman–Crippen MR) is 97.4 cm³/mol. The van der Waals surface area contributed by atoms with Gasteiger partial charge in [-0.2, -0.15) is 0 Å². The van der Waals surface area contributed by atoms with E-state index < -0.39 is 0 Å². The molecule has 1 amide bonds. The van der Waals surface area contributed by atoms with Crippen molar-refractivity contribution >= 4 is 27.6 Å². The highest BCUT2D eigenvalue weighted by atomic mass is 79.9. The van der Waals surface area contributed by atoms with Crippen molar-refractivity contribution in [3.05, 3.63) is 63.6 Å². The Bertz CT molecular complexity index is 758. The van der Waals surface area contributed by atoms with Gasteiger partial charge in [0.25, 0.3) is 0 Å². The summed E-state index contributed by atoms with van der Waals surface area (Å²) in [6, 6.07) is 12.8. The number of ketones is 1. The summed E-state index contributed by atoms with van der Waals surface area (Å²) in [7, 11) is 1.55. The summed E-state index contributed by atoms with van der Waals surface area (Å²) >= 11 is 3.49. The third-order valence-corrected chi connectivity index (χ3v) is 4.51. The summed E-state index contributed by atoms with van der Waals surface area (Å²) in [4.78, 5) is 23.9. The Hall–Kier alpha value is -2.14. The van der Waals surface area contributed by atoms with Crippen molar-refractivity contribution in [2.24, 2.45) is 0 Å². The van der Waals surface area contributed by atoms with Crippen LogP contribution in [0.15, 0.2) is 46.9 Å². The molecule has 0 bridgehead atoms. The van der Waals surface area contributed by atoms with E-state index in [0.717, 1.165) is 10.0 Å². The van der Waals surface area contributed by atoms with Gasteiger partial charge in [0.2, 0.25) is 5.91 Å². The molecule has 0 saturated heterocycles. The third-order valence-electron chi connectivity index (χ3n) is 3.79. The van der Waals surface area contributed by atoms with Crippen LogP contribution in [-0.4, -0.2) is 18.8 Å². The zero-order valence-electron chi connectivity index (χ0n) is 13.9. The van der Waals surface area contributed by atoms with Crippen LogP contribution in [0.4, 0.5) is 0 Å². The van der Waals surface area contributed by atoms with E-state index in [2.05, 4.69) is 21.2 Å². The molecule has 0 aliphatic heterocycles. The van der Waals surface area contributed by atoms with Gasteiger partial charge in [0.1, 0.15) is 5.75 Å². The fourth-order valence-corrected chi connectivity index (χ4v) is 3.13. The SMILES string of the molecule is COc1ccc(C(C)=O)cc1CC(=O)NC(C)c1ccccc1Br. The molecule has 0 fully saturated rings. The summed E-state index contributed by atoms with van der Waals surface area (Å²) in [5.74, 6) is 0.432. The zero-order chi connectivity index (χ0) is 17.7. The fourth-order valence-electron chi connectivity index (χ4n) is 2.51. The smallest absolute Gasteiger partial charge is 0.225 e. The maximum absolute atomic E-state index is 12.4. The second-order valence-corrected chi connectivity index (χ2v) is 6.42. The first-order chi connectivity index (χ1) is 11.4. The average molecular weight is 390 g/mol. The van der Waals surface area contributed by atoms with E-state index in [1.807, 2.05) is 31.2 Å². The normalized spacial score (nSPS) is 11.7. The number of rotatable bonds is 6. The lowest BCUT2D eigenvalue weighted by molar-refractivity contribution is -0.121. The van der Waals surface area contributed by atoms with Crippen LogP contribution in [0.25, 0.3) is 0 Å². The van der Waals surface area contributed by atoms with E-state index in [4.69, 9.17) is 4.74 Å². The van der Waals surface area contributed by atoms with Crippen LogP contribution in [0.5, 0.6) is 5.75 Å². The van der Waals surface area contributed by atoms with Gasteiger partial charge in [-0.05, 0) is 43.7 Å². The second kappa shape index (κ2) is 8.11. The number of carbonyl (C=O) groups excluding carboxylic acids is 2. The first kappa shape index (κ1) is 18.2. The standard InChI is InChI=1S/C19H20BrNO3/c1-12(16-6-4-5-7-17(16)20)21-19(23)11-15-10-14(13(2)22)8-9-18(15)24-3/h4-10,12H,11H2,1-3H3,(H,21,23). The Morgan fingerprint density at radius 3 is 2.54 bits per heavy atom. The molecule has 0 aromatic heterocycles. The minimum Gasteiger partial charge on any atom is -0.496 e. The van der Waals surface area contributed by atoms with Gasteiger partial charge in [-0.3, -0.25) is 9.59 Å². The minimum absolute atomic E-state index is 0.0408. The number of ether oxygens (including phenoxy) is 1. The van der Waals surface area contributed by atoms with Crippen molar-refractivity contribution in [2.45, 2.75) is 26.3 Å². The summed E-state index contributed by atoms with van der Waals surface area (Å²) in [5, 5.41) is 2.98. The van der Waals surface area contributed by atoms with Crippen LogP contribution in [-0.2, 0) is 11.2 Å². The molecule has 0 radical (unpaired) electrons. The van der Waals surface area contributed by atoms with Gasteiger partial charge in [0.05, 0.1) is 19.6 Å². The average Bonchev–Trinajstić information content (AvgIpc) is 2.54. The summed E-state index contributed by atoms with van der Waals surface area (Å²) in [6.45, 7) is 3.43. The van der Waals surface area contributed by atoms with Crippen LogP contribution in [0.3, 0.4) is 0 Å². The van der Waals surface area contributed by atoms with Gasteiger partial charge in [-0.1, -0.05) is 34.1 Å². The summed E-state index contributed by atoms with van der Waals surface area (Å²) < 4.78 is 6.24. The van der Waals surface area contributed by atoms with Gasteiger partial charge < -0.3 is 10.1 Å². The summed E-state index contributed by atoms with van der Waals surface area (Å²) in [5.41, 5.74) is 2.27. The summed E-state index contributed by atoms with van der Waals surface area (Å²) in [6.07, 6.45) is 0.152. The van der Waals surface area contributed by atoms with Crippen LogP contribution >= 0.6 is 15.9 Å². The van der Waals surface area contributed by atoms with Gasteiger partial charge >= 0.3 is 0 Å². The molecule has 5 heteroatoms. The lowest BCUT2D eigenvalue weighted by Crippen LogP contribution is -2.28. The molecule has 24 heavy (non-hydrogen) atoms. The number of hydrogen-bond acceptors (Lipinski definition) is 3. The van der Waals surface area contributed by atoms with Crippen LogP contribution in [0.1, 0.15) is 41.4 Å². The molecule has 2 aromatic rings. The maximum atomic E-state index is 12.4. The molecule has 0 aliphatic rings. The minimum atomic E-state index is -0.130. The molecule has 0 saturated carbocycles. The molecule has 1 N–H and O–H groups in total. The van der Waals surface area contributed by atoms with Crippen molar-refractivity contribution in [3.63, 3.8) is 0 Å². The van der Waals surface area contributed by atoms with E-state index in [0.29, 0.717) is 16.9 Å². The van der Waals surface area contributed by atoms with E-state index in [1.165, 1.54) is 6.92 Å². The Morgan fingerprint density at radius 2 is 1.92 bits per heavy atom. The van der Waals surface area contributed by atoms with E-state index in [9.17, 15) is 9.59 Å². The number of nitrogens with one attached hydrogen (secondary N) is 1. The Labute approximate surface area is 150 Å². The maximum Gasteiger partial charge on any atom is 0.225 e. The largest absolute Gasteiger partial charge is 0.496 e. The van der Waals surface area contributed by atoms with Crippen molar-refractivity contribution in [2.75, 3.05) is 7.11 Å². The van der Waals surface area contributed by atoms with Crippen LogP contribution in [0.2, 0.25) is 0 Å². The van der Waals surface area contributed by atoms with E-state index in [-0.39, 0.29) is 24.2 Å². The number of carbonyl (C=O) groups is 2. The van der Waals surface area contributed by atoms with Gasteiger partial charge in [0.15, 0.2) is 5.78 Å². The molecule has 1 atom stereocenters. The van der Waals surface area contributed by atoms with Crippen molar-refractivity contribution in [3.8, 4) is 5.75 Å². The zero-order valence-corrected chi connectivity index (χ0v) is 15.5. The molecular weight excluding hydrogens is 370 g/mol. The fraction of sp³-hybridized carbons (Fsp3) is 0.263. The second-order valence-electron chi connectivity index (χ2n) is 5.57. The first-order valence-corrected chi connectivity index (χ1v) is 8.43. The quantitative estimate of drug-likeness (QED) is 0.757. The lowest BCUT2D eigenvalue weighted by Gasteiger charge is -2.17. The predicted octanol–water partition coefficient (Wildman–Crippen LogP) is 4.08. The highest BCUT2D eigenvalue weighted by molar-refractivity contribution is 9.10. The molecule has 0 aliphatic carbocycles. The monoisotopic (exact) mass is 389 g/mol. The van der Waals surface area contributed by atoms with Gasteiger partial charge in [0, 0.05) is 15.6 Å². The van der Waals surface area contributed by atoms with Crippen molar-refractivity contribution in [1.29, 1.82) is 0 Å². The molecule has 4 nitrogen and oxygen atoms in total. The Kier molecular flexibility index (Phi) is 6.15. The Balaban J connectivity index is 2.13. The number of benzene rings is 2. The molecule has 2 rings (SSSR count). The molecule has 1 unspecified atom stereocenters. The number of amides is 1. The van der Waals surface area contributed by atoms with Gasteiger partial charge in [-0.25, -0.2) is 0 Å². The third kappa shape index (κ3) is 4.45. The van der Waals surface area contributed by atoms with Crippen LogP contribution in [0, 0.1) is 0 Å². The first-order valence-electron chi connectivity index (χ1n) is 7.64. The molecule has 0 heterocycles. The Morgan fingerprint density at radius 1 is 1.21 bits per heavy atom. The topological polar surface area (TPSA) is 55.4 Å². The number of Topliss-reactive ketones (excluding diaryl/α,β-unsaturated/α-hetero) is 1. The van der Waals surface area contributed by atoms with E-state index in [1.54, 1.807) is 25.3 Å². The highest BCUT2D eigenvalue weighted by Gasteiger charge is 2.15. The van der Waals surface area contributed by atoms with E-state index >= 15 is 0 Å². The molecule has 0 spiro atoms. The van der Waals surface area contributed by atoms with Crippen molar-refractivity contribution < 1.29 is 14.3 Å². The number of hydrogen-bond donors (Lipinski definition) is 1. The number of halogens is 1. The lowest BCUT2D eigenvalue weighted by atomic mass is 10.0. The highest BCUT2D eigenvalue weighted by Crippen LogP contribution is 2.24. The number of methoxy groups -OCH3 is 1. The molecular formula is C19H20BrNO3. The molecule has 2 aromatic carbocycles. The van der Waals surface area contributed by atoms with Crippen molar-refractivity contribution in [1.82, 2.24) is 5.32 Å². The van der Waals surface area contributed by atoms with Gasteiger partial charge in [-0.15, -0.1) is 0 Å².